The van der Waals surface area contributed by atoms with Crippen molar-refractivity contribution in [3.8, 4) is 11.5 Å². The first kappa shape index (κ1) is 34.6. The van der Waals surface area contributed by atoms with E-state index in [1.807, 2.05) is 0 Å². The number of nitrogens with zero attached hydrogens (tertiary/aromatic N) is 1. The van der Waals surface area contributed by atoms with Crippen LogP contribution < -0.4 is 20.3 Å². The molecule has 250 valence electrons. The van der Waals surface area contributed by atoms with E-state index in [2.05, 4.69) is 26.6 Å². The van der Waals surface area contributed by atoms with Crippen LogP contribution in [0.2, 0.25) is 5.02 Å². The quantitative estimate of drug-likeness (QED) is 0.109. The Morgan fingerprint density at radius 2 is 1.56 bits per heavy atom. The summed E-state index contributed by atoms with van der Waals surface area (Å²) in [7, 11) is 0. The van der Waals surface area contributed by atoms with Crippen molar-refractivity contribution < 1.29 is 28.3 Å². The Labute approximate surface area is 304 Å². The molecular weight excluding hydrogens is 745 g/mol. The van der Waals surface area contributed by atoms with Gasteiger partial charge in [0.05, 0.1) is 16.5 Å². The lowest BCUT2D eigenvalue weighted by Crippen LogP contribution is -2.31. The minimum Gasteiger partial charge on any atom is -0.457 e. The van der Waals surface area contributed by atoms with Crippen molar-refractivity contribution in [2.24, 2.45) is 0 Å². The molecule has 0 spiro atoms. The van der Waals surface area contributed by atoms with E-state index in [-0.39, 0.29) is 29.5 Å². The molecule has 1 fully saturated rings. The number of ether oxygens (including phenoxy) is 1. The second-order valence-corrected chi connectivity index (χ2v) is 13.6. The second-order valence-electron chi connectivity index (χ2n) is 11.0. The Bertz CT molecular complexity index is 2110. The highest BCUT2D eigenvalue weighted by Crippen LogP contribution is 2.36. The third-order valence-corrected chi connectivity index (χ3v) is 9.37. The normalized spacial score (nSPS) is 14.4. The molecule has 1 atom stereocenters. The van der Waals surface area contributed by atoms with Gasteiger partial charge in [-0.25, -0.2) is 9.29 Å². The summed E-state index contributed by atoms with van der Waals surface area (Å²) >= 11 is 10.5. The van der Waals surface area contributed by atoms with Gasteiger partial charge in [0, 0.05) is 26.5 Å². The number of rotatable bonds is 10. The zero-order valence-electron chi connectivity index (χ0n) is 25.9. The smallest absolute Gasteiger partial charge is 0.272 e. The van der Waals surface area contributed by atoms with E-state index in [0.29, 0.717) is 38.4 Å². The summed E-state index contributed by atoms with van der Waals surface area (Å²) < 4.78 is 21.0. The number of halogens is 3. The number of hydrogen-bond donors (Lipinski definition) is 2. The number of carbonyl (C=O) groups is 4. The van der Waals surface area contributed by atoms with Gasteiger partial charge >= 0.3 is 0 Å². The van der Waals surface area contributed by atoms with Crippen LogP contribution in [0.4, 0.5) is 15.8 Å². The summed E-state index contributed by atoms with van der Waals surface area (Å²) in [5.74, 6) is -1.74. The molecule has 2 N–H and O–H groups in total. The molecule has 1 unspecified atom stereocenters. The number of imide groups is 1. The fraction of sp³-hybridized carbons (Fsp3) is 0.0526. The van der Waals surface area contributed by atoms with E-state index in [1.54, 1.807) is 97.1 Å². The maximum atomic E-state index is 14.3. The van der Waals surface area contributed by atoms with Gasteiger partial charge in [0.1, 0.15) is 23.0 Å². The third kappa shape index (κ3) is 8.49. The van der Waals surface area contributed by atoms with Gasteiger partial charge in [-0.05, 0) is 103 Å². The van der Waals surface area contributed by atoms with Crippen molar-refractivity contribution in [1.82, 2.24) is 5.32 Å². The van der Waals surface area contributed by atoms with E-state index in [4.69, 9.17) is 16.3 Å². The lowest BCUT2D eigenvalue weighted by Gasteiger charge is -2.16. The Morgan fingerprint density at radius 1 is 0.880 bits per heavy atom. The van der Waals surface area contributed by atoms with Crippen molar-refractivity contribution in [2.75, 3.05) is 10.2 Å². The summed E-state index contributed by atoms with van der Waals surface area (Å²) in [6, 6.07) is 32.9. The Balaban J connectivity index is 1.14. The second kappa shape index (κ2) is 15.5. The molecule has 5 aromatic rings. The maximum absolute atomic E-state index is 14.3. The van der Waals surface area contributed by atoms with Crippen LogP contribution in [0.1, 0.15) is 22.3 Å². The van der Waals surface area contributed by atoms with Gasteiger partial charge in [-0.15, -0.1) is 11.8 Å². The first-order chi connectivity index (χ1) is 24.1. The number of benzene rings is 5. The summed E-state index contributed by atoms with van der Waals surface area (Å²) in [4.78, 5) is 54.7. The molecule has 6 rings (SSSR count). The molecule has 1 aliphatic rings. The van der Waals surface area contributed by atoms with Crippen molar-refractivity contribution >= 4 is 80.4 Å². The van der Waals surface area contributed by atoms with Gasteiger partial charge < -0.3 is 15.4 Å². The molecule has 1 heterocycles. The van der Waals surface area contributed by atoms with Crippen LogP contribution in [-0.4, -0.2) is 28.9 Å². The largest absolute Gasteiger partial charge is 0.457 e. The fourth-order valence-electron chi connectivity index (χ4n) is 5.00. The van der Waals surface area contributed by atoms with Gasteiger partial charge in [0.25, 0.3) is 11.8 Å². The lowest BCUT2D eigenvalue weighted by atomic mass is 10.1. The minimum absolute atomic E-state index is 0.00866. The topological polar surface area (TPSA) is 105 Å². The molecule has 12 heteroatoms. The predicted molar refractivity (Wildman–Crippen MR) is 196 cm³/mol. The molecule has 5 aromatic carbocycles. The van der Waals surface area contributed by atoms with Crippen LogP contribution in [0.25, 0.3) is 6.08 Å². The Kier molecular flexibility index (Phi) is 10.8. The number of amides is 4. The Morgan fingerprint density at radius 3 is 2.26 bits per heavy atom. The first-order valence-electron chi connectivity index (χ1n) is 15.1. The fourth-order valence-corrected chi connectivity index (χ4v) is 6.50. The van der Waals surface area contributed by atoms with E-state index in [9.17, 15) is 23.6 Å². The lowest BCUT2D eigenvalue weighted by molar-refractivity contribution is -0.121. The first-order valence-corrected chi connectivity index (χ1v) is 17.2. The van der Waals surface area contributed by atoms with E-state index in [0.717, 1.165) is 15.4 Å². The molecule has 0 radical (unpaired) electrons. The van der Waals surface area contributed by atoms with Gasteiger partial charge in [0.15, 0.2) is 0 Å². The van der Waals surface area contributed by atoms with Crippen LogP contribution in [0.3, 0.4) is 0 Å². The molecule has 4 amide bonds. The number of thioether (sulfide) groups is 1. The predicted octanol–water partition coefficient (Wildman–Crippen LogP) is 8.87. The zero-order chi connectivity index (χ0) is 35.2. The van der Waals surface area contributed by atoms with Gasteiger partial charge in [-0.2, -0.15) is 0 Å². The third-order valence-electron chi connectivity index (χ3n) is 7.41. The van der Waals surface area contributed by atoms with Gasteiger partial charge in [0.2, 0.25) is 11.8 Å². The summed E-state index contributed by atoms with van der Waals surface area (Å²) in [6.07, 6.45) is 1.47. The summed E-state index contributed by atoms with van der Waals surface area (Å²) in [5.41, 5.74) is 1.10. The highest BCUT2D eigenvalue weighted by Gasteiger charge is 2.40. The molecule has 0 bridgehead atoms. The van der Waals surface area contributed by atoms with Crippen molar-refractivity contribution in [1.29, 1.82) is 0 Å². The highest BCUT2D eigenvalue weighted by atomic mass is 79.9. The molecular formula is C38H26BrClFN3O5S. The monoisotopic (exact) mass is 769 g/mol. The number of hydrogen-bond acceptors (Lipinski definition) is 6. The average molecular weight is 771 g/mol. The van der Waals surface area contributed by atoms with E-state index in [1.165, 1.54) is 36.0 Å². The van der Waals surface area contributed by atoms with Crippen LogP contribution >= 0.6 is 39.3 Å². The van der Waals surface area contributed by atoms with E-state index < -0.39 is 22.9 Å². The van der Waals surface area contributed by atoms with Gasteiger partial charge in [-0.1, -0.05) is 57.9 Å². The molecule has 50 heavy (non-hydrogen) atoms. The number of carbonyl (C=O) groups excluding carboxylic acids is 4. The van der Waals surface area contributed by atoms with Crippen molar-refractivity contribution in [2.45, 2.75) is 16.6 Å². The SMILES string of the molecule is O=C(Nc1cccc(SC2CC(=O)N(c3ccc(Oc4ccc(Cl)cc4)cc3)C2=O)c1)C(=Cc1ccc(Br)cc1)NC(=O)c1ccccc1F. The molecule has 0 aliphatic carbocycles. The van der Waals surface area contributed by atoms with Gasteiger partial charge in [-0.3, -0.25) is 19.2 Å². The minimum atomic E-state index is -0.788. The average Bonchev–Trinajstić information content (AvgIpc) is 3.38. The molecule has 8 nitrogen and oxygen atoms in total. The molecule has 1 aliphatic heterocycles. The maximum Gasteiger partial charge on any atom is 0.272 e. The molecule has 1 saturated heterocycles. The zero-order valence-corrected chi connectivity index (χ0v) is 29.1. The summed E-state index contributed by atoms with van der Waals surface area (Å²) in [5, 5.41) is 5.20. The number of anilines is 2. The molecule has 0 aromatic heterocycles. The Hall–Kier alpha value is -5.23. The van der Waals surface area contributed by atoms with Crippen molar-refractivity contribution in [3.05, 3.63) is 153 Å². The highest BCUT2D eigenvalue weighted by molar-refractivity contribution is 9.10. The molecule has 0 saturated carbocycles. The van der Waals surface area contributed by atoms with Crippen LogP contribution in [0.15, 0.2) is 136 Å². The van der Waals surface area contributed by atoms with Crippen LogP contribution in [0, 0.1) is 5.82 Å². The van der Waals surface area contributed by atoms with Crippen molar-refractivity contribution in [3.63, 3.8) is 0 Å². The van der Waals surface area contributed by atoms with Crippen LogP contribution in [0.5, 0.6) is 11.5 Å². The summed E-state index contributed by atoms with van der Waals surface area (Å²) in [6.45, 7) is 0. The number of nitrogens with one attached hydrogen (secondary N) is 2. The van der Waals surface area contributed by atoms with Crippen LogP contribution in [-0.2, 0) is 14.4 Å². The standard InChI is InChI=1S/C38H26BrClFN3O5S/c39-24-10-8-23(9-11-24)20-33(43-36(46)31-6-1-2-7-32(31)41)37(47)42-26-4-3-5-30(21-26)50-34-22-35(45)44(38(34)48)27-14-18-29(19-15-27)49-28-16-12-25(40)13-17-28/h1-21,34H,22H2,(H,42,47)(H,43,46). The van der Waals surface area contributed by atoms with E-state index >= 15 is 0 Å².